The summed E-state index contributed by atoms with van der Waals surface area (Å²) in [6, 6.07) is 5.91. The zero-order valence-corrected chi connectivity index (χ0v) is 16.2. The Morgan fingerprint density at radius 2 is 2.07 bits per heavy atom. The zero-order valence-electron chi connectivity index (χ0n) is 15.4. The fourth-order valence-electron chi connectivity index (χ4n) is 3.84. The number of piperidine rings is 1. The predicted octanol–water partition coefficient (Wildman–Crippen LogP) is 0.944. The lowest BCUT2D eigenvalue weighted by Gasteiger charge is -2.36. The van der Waals surface area contributed by atoms with Crippen molar-refractivity contribution in [3.8, 4) is 23.6 Å². The van der Waals surface area contributed by atoms with E-state index in [0.29, 0.717) is 18.7 Å². The number of hydrogen-bond acceptors (Lipinski definition) is 10. The van der Waals surface area contributed by atoms with Crippen LogP contribution in [-0.4, -0.2) is 57.3 Å². The Bertz CT molecular complexity index is 1060. The molecule has 154 valence electrons. The van der Waals surface area contributed by atoms with Crippen molar-refractivity contribution < 1.29 is 32.9 Å². The van der Waals surface area contributed by atoms with Gasteiger partial charge in [0.1, 0.15) is 5.82 Å². The Balaban J connectivity index is 1.29. The summed E-state index contributed by atoms with van der Waals surface area (Å²) in [6.07, 6.45) is 0.0558. The lowest BCUT2D eigenvalue weighted by atomic mass is 9.99. The predicted molar refractivity (Wildman–Crippen MR) is 97.7 cm³/mol. The molecule has 3 unspecified atom stereocenters. The van der Waals surface area contributed by atoms with Gasteiger partial charge in [-0.25, -0.2) is 18.9 Å². The molecule has 0 amide bonds. The molecule has 1 spiro atoms. The van der Waals surface area contributed by atoms with Crippen LogP contribution >= 0.6 is 11.7 Å². The highest BCUT2D eigenvalue weighted by Gasteiger charge is 2.69. The molecule has 0 aliphatic carbocycles. The summed E-state index contributed by atoms with van der Waals surface area (Å²) in [5, 5.41) is 0. The number of fused-ring (bicyclic) bond motifs is 3. The van der Waals surface area contributed by atoms with Crippen molar-refractivity contribution in [1.29, 1.82) is 0 Å². The number of benzene rings is 1. The van der Waals surface area contributed by atoms with E-state index in [2.05, 4.69) is 20.6 Å². The van der Waals surface area contributed by atoms with Crippen molar-refractivity contribution in [3.05, 3.63) is 35.6 Å². The SMILES string of the molecule is O=C1OC2(OC1=O)C(Oc1nsnc1OCC#Cc1cccc(F)c1)C1CCN2C1. The van der Waals surface area contributed by atoms with Crippen molar-refractivity contribution in [1.82, 2.24) is 13.6 Å². The zero-order chi connectivity index (χ0) is 20.7. The minimum atomic E-state index is -1.57. The lowest BCUT2D eigenvalue weighted by molar-refractivity contribution is -0.273. The third-order valence-corrected chi connectivity index (χ3v) is 5.60. The lowest BCUT2D eigenvalue weighted by Crippen LogP contribution is -2.57. The third-order valence-electron chi connectivity index (χ3n) is 5.11. The molecule has 2 bridgehead atoms. The van der Waals surface area contributed by atoms with E-state index in [1.54, 1.807) is 17.0 Å². The van der Waals surface area contributed by atoms with Crippen LogP contribution in [0.2, 0.25) is 0 Å². The van der Waals surface area contributed by atoms with Gasteiger partial charge in [-0.3, -0.25) is 0 Å². The Morgan fingerprint density at radius 1 is 1.27 bits per heavy atom. The number of aromatic nitrogens is 2. The van der Waals surface area contributed by atoms with Gasteiger partial charge in [-0.15, -0.1) is 8.75 Å². The number of ether oxygens (including phenoxy) is 4. The summed E-state index contributed by atoms with van der Waals surface area (Å²) in [7, 11) is 0. The largest absolute Gasteiger partial charge is 0.460 e. The van der Waals surface area contributed by atoms with Crippen molar-refractivity contribution in [2.45, 2.75) is 18.4 Å². The molecule has 0 N–H and O–H groups in total. The molecular weight excluding hydrogens is 417 g/mol. The molecule has 3 aliphatic heterocycles. The summed E-state index contributed by atoms with van der Waals surface area (Å²) in [4.78, 5) is 25.1. The first-order valence-electron chi connectivity index (χ1n) is 9.13. The molecule has 30 heavy (non-hydrogen) atoms. The average Bonchev–Trinajstić information content (AvgIpc) is 3.47. The Kier molecular flexibility index (Phi) is 4.52. The first-order valence-corrected chi connectivity index (χ1v) is 9.86. The van der Waals surface area contributed by atoms with E-state index in [0.717, 1.165) is 18.1 Å². The number of esters is 2. The number of nitrogens with zero attached hydrogens (tertiary/aromatic N) is 3. The summed E-state index contributed by atoms with van der Waals surface area (Å²) in [5.74, 6) is 1.74. The summed E-state index contributed by atoms with van der Waals surface area (Å²) < 4.78 is 43.4. The minimum Gasteiger partial charge on any atom is -0.460 e. The molecule has 0 radical (unpaired) electrons. The Morgan fingerprint density at radius 3 is 2.87 bits per heavy atom. The van der Waals surface area contributed by atoms with Crippen molar-refractivity contribution in [3.63, 3.8) is 0 Å². The maximum absolute atomic E-state index is 13.2. The van der Waals surface area contributed by atoms with E-state index < -0.39 is 24.0 Å². The fourth-order valence-corrected chi connectivity index (χ4v) is 4.28. The van der Waals surface area contributed by atoms with E-state index in [-0.39, 0.29) is 30.1 Å². The Labute approximate surface area is 174 Å². The van der Waals surface area contributed by atoms with Gasteiger partial charge < -0.3 is 18.9 Å². The van der Waals surface area contributed by atoms with E-state index >= 15 is 0 Å². The van der Waals surface area contributed by atoms with Gasteiger partial charge in [-0.05, 0) is 24.6 Å². The van der Waals surface area contributed by atoms with Gasteiger partial charge in [0.05, 0.1) is 11.7 Å². The summed E-state index contributed by atoms with van der Waals surface area (Å²) in [6.45, 7) is 1.17. The maximum Gasteiger partial charge on any atom is 0.422 e. The maximum atomic E-state index is 13.2. The molecule has 3 aliphatic rings. The fraction of sp³-hybridized carbons (Fsp3) is 0.368. The number of hydrogen-bond donors (Lipinski definition) is 0. The molecule has 11 heteroatoms. The van der Waals surface area contributed by atoms with E-state index in [4.69, 9.17) is 18.9 Å². The van der Waals surface area contributed by atoms with Crippen LogP contribution < -0.4 is 9.47 Å². The molecule has 3 fully saturated rings. The average molecular weight is 431 g/mol. The smallest absolute Gasteiger partial charge is 0.422 e. The molecule has 3 saturated heterocycles. The monoisotopic (exact) mass is 431 g/mol. The second-order valence-corrected chi connectivity index (χ2v) is 7.45. The molecule has 1 aromatic heterocycles. The second-order valence-electron chi connectivity index (χ2n) is 6.92. The van der Waals surface area contributed by atoms with Crippen LogP contribution in [0.1, 0.15) is 12.0 Å². The van der Waals surface area contributed by atoms with Gasteiger partial charge in [-0.2, -0.15) is 0 Å². The quantitative estimate of drug-likeness (QED) is 0.398. The molecule has 9 nitrogen and oxygen atoms in total. The topological polar surface area (TPSA) is 100 Å². The van der Waals surface area contributed by atoms with Crippen LogP contribution in [0.3, 0.4) is 0 Å². The van der Waals surface area contributed by atoms with E-state index in [1.165, 1.54) is 12.1 Å². The highest BCUT2D eigenvalue weighted by molar-refractivity contribution is 6.99. The first kappa shape index (κ1) is 18.8. The minimum absolute atomic E-state index is 0.00832. The summed E-state index contributed by atoms with van der Waals surface area (Å²) >= 11 is 0.881. The van der Waals surface area contributed by atoms with Gasteiger partial charge in [0.15, 0.2) is 12.7 Å². The Hall–Kier alpha value is -3.23. The van der Waals surface area contributed by atoms with Crippen LogP contribution in [0, 0.1) is 23.6 Å². The van der Waals surface area contributed by atoms with Crippen LogP contribution in [-0.2, 0) is 19.1 Å². The number of carbonyl (C=O) groups is 2. The molecule has 4 heterocycles. The second kappa shape index (κ2) is 7.23. The molecule has 0 saturated carbocycles. The van der Waals surface area contributed by atoms with E-state index in [1.807, 2.05) is 0 Å². The molecule has 2 aromatic rings. The van der Waals surface area contributed by atoms with Gasteiger partial charge in [-0.1, -0.05) is 17.9 Å². The number of rotatable bonds is 4. The van der Waals surface area contributed by atoms with E-state index in [9.17, 15) is 14.0 Å². The molecule has 5 rings (SSSR count). The van der Waals surface area contributed by atoms with Crippen LogP contribution in [0.4, 0.5) is 4.39 Å². The number of halogens is 1. The van der Waals surface area contributed by atoms with Crippen LogP contribution in [0.5, 0.6) is 11.8 Å². The first-order chi connectivity index (χ1) is 14.5. The molecule has 3 atom stereocenters. The highest BCUT2D eigenvalue weighted by Crippen LogP contribution is 2.47. The van der Waals surface area contributed by atoms with Crippen LogP contribution in [0.15, 0.2) is 24.3 Å². The summed E-state index contributed by atoms with van der Waals surface area (Å²) in [5.41, 5.74) is 0.523. The van der Waals surface area contributed by atoms with Gasteiger partial charge in [0.2, 0.25) is 0 Å². The molecule has 1 aromatic carbocycles. The van der Waals surface area contributed by atoms with Crippen LogP contribution in [0.25, 0.3) is 0 Å². The highest BCUT2D eigenvalue weighted by atomic mass is 32.1. The number of carbonyl (C=O) groups excluding carboxylic acids is 2. The van der Waals surface area contributed by atoms with Crippen molar-refractivity contribution in [2.24, 2.45) is 5.92 Å². The standard InChI is InChI=1S/C19H14FN3O6S/c20-13-5-1-3-11(9-13)4-2-8-26-15-16(22-30-21-15)27-14-12-6-7-23(10-12)19(14)28-17(24)18(25)29-19/h1,3,5,9,12,14H,6-8,10H2. The third kappa shape index (κ3) is 3.14. The van der Waals surface area contributed by atoms with Crippen molar-refractivity contribution in [2.75, 3.05) is 19.7 Å². The van der Waals surface area contributed by atoms with Gasteiger partial charge >= 0.3 is 17.8 Å². The van der Waals surface area contributed by atoms with Crippen molar-refractivity contribution >= 4 is 23.7 Å². The van der Waals surface area contributed by atoms with Gasteiger partial charge in [0, 0.05) is 24.6 Å². The van der Waals surface area contributed by atoms with Gasteiger partial charge in [0.25, 0.3) is 11.8 Å². The normalized spacial score (nSPS) is 25.6. The molecular formula is C19H14FN3O6S.